The number of imidazole rings is 1. The number of aromatic nitrogens is 2. The Morgan fingerprint density at radius 1 is 1.19 bits per heavy atom. The van der Waals surface area contributed by atoms with E-state index in [0.717, 1.165) is 37.1 Å². The molecule has 1 aromatic carbocycles. The van der Waals surface area contributed by atoms with Gasteiger partial charge in [-0.25, -0.2) is 4.98 Å². The molecule has 2 aromatic rings. The number of nitrogens with zero attached hydrogens (tertiary/aromatic N) is 2. The third-order valence-corrected chi connectivity index (χ3v) is 5.18. The van der Waals surface area contributed by atoms with Crippen LogP contribution >= 0.6 is 11.8 Å². The molecule has 0 N–H and O–H groups in total. The minimum atomic E-state index is -0.304. The number of hydrogen-bond acceptors (Lipinski definition) is 6. The zero-order chi connectivity index (χ0) is 18.5. The number of hydrogen-bond donors (Lipinski definition) is 0. The number of benzene rings is 1. The highest BCUT2D eigenvalue weighted by Gasteiger charge is 2.25. The number of carbonyl (C=O) groups excluding carboxylic acids is 2. The normalized spacial score (nSPS) is 13.2. The fraction of sp³-hybridized carbons (Fsp3) is 0.421. The SMILES string of the molecule is CCOC(=O)CSc1nc2c(n1C(=O)c1ccc(OC)cc1)CCCC2. The van der Waals surface area contributed by atoms with E-state index in [4.69, 9.17) is 9.47 Å². The van der Waals surface area contributed by atoms with Gasteiger partial charge >= 0.3 is 5.97 Å². The summed E-state index contributed by atoms with van der Waals surface area (Å²) in [7, 11) is 1.59. The van der Waals surface area contributed by atoms with Gasteiger partial charge in [-0.1, -0.05) is 11.8 Å². The summed E-state index contributed by atoms with van der Waals surface area (Å²) in [4.78, 5) is 29.5. The van der Waals surface area contributed by atoms with Crippen LogP contribution in [0.15, 0.2) is 29.4 Å². The minimum absolute atomic E-state index is 0.130. The third kappa shape index (κ3) is 3.93. The first kappa shape index (κ1) is 18.5. The molecule has 0 atom stereocenters. The fourth-order valence-corrected chi connectivity index (χ4v) is 3.84. The summed E-state index contributed by atoms with van der Waals surface area (Å²) in [5, 5.41) is 0.561. The van der Waals surface area contributed by atoms with Crippen molar-refractivity contribution in [2.75, 3.05) is 19.5 Å². The standard InChI is InChI=1S/C19H22N2O4S/c1-3-25-17(22)12-26-19-20-15-6-4-5-7-16(15)21(19)18(23)13-8-10-14(24-2)11-9-13/h8-11H,3-7,12H2,1-2H3. The van der Waals surface area contributed by atoms with Crippen LogP contribution < -0.4 is 4.74 Å². The van der Waals surface area contributed by atoms with Crippen molar-refractivity contribution in [1.29, 1.82) is 0 Å². The van der Waals surface area contributed by atoms with Gasteiger partial charge < -0.3 is 9.47 Å². The lowest BCUT2D eigenvalue weighted by molar-refractivity contribution is -0.139. The average molecular weight is 374 g/mol. The molecule has 26 heavy (non-hydrogen) atoms. The van der Waals surface area contributed by atoms with Crippen molar-refractivity contribution in [2.45, 2.75) is 37.8 Å². The lowest BCUT2D eigenvalue weighted by Gasteiger charge is -2.14. The smallest absolute Gasteiger partial charge is 0.316 e. The zero-order valence-corrected chi connectivity index (χ0v) is 15.8. The van der Waals surface area contributed by atoms with Crippen molar-refractivity contribution < 1.29 is 19.1 Å². The maximum absolute atomic E-state index is 13.1. The molecule has 0 aliphatic heterocycles. The molecule has 1 aliphatic rings. The van der Waals surface area contributed by atoms with Crippen LogP contribution in [-0.4, -0.2) is 40.9 Å². The van der Waals surface area contributed by atoms with E-state index in [1.54, 1.807) is 42.9 Å². The monoisotopic (exact) mass is 374 g/mol. The Morgan fingerprint density at radius 3 is 2.62 bits per heavy atom. The van der Waals surface area contributed by atoms with Crippen LogP contribution in [0.1, 0.15) is 41.5 Å². The zero-order valence-electron chi connectivity index (χ0n) is 15.0. The second-order valence-electron chi connectivity index (χ2n) is 5.96. The van der Waals surface area contributed by atoms with E-state index in [-0.39, 0.29) is 17.6 Å². The first-order chi connectivity index (χ1) is 12.6. The molecule has 7 heteroatoms. The van der Waals surface area contributed by atoms with E-state index in [2.05, 4.69) is 4.98 Å². The highest BCUT2D eigenvalue weighted by atomic mass is 32.2. The van der Waals surface area contributed by atoms with Gasteiger partial charge in [0.1, 0.15) is 5.75 Å². The van der Waals surface area contributed by atoms with Crippen molar-refractivity contribution >= 4 is 23.6 Å². The first-order valence-corrected chi connectivity index (χ1v) is 9.70. The molecule has 3 rings (SSSR count). The Balaban J connectivity index is 1.91. The predicted molar refractivity (Wildman–Crippen MR) is 98.9 cm³/mol. The number of carbonyl (C=O) groups is 2. The van der Waals surface area contributed by atoms with Gasteiger partial charge in [-0.2, -0.15) is 0 Å². The molecule has 0 saturated heterocycles. The average Bonchev–Trinajstić information content (AvgIpc) is 3.04. The maximum atomic E-state index is 13.1. The molecule has 0 unspecified atom stereocenters. The van der Waals surface area contributed by atoms with Gasteiger partial charge in [-0.3, -0.25) is 14.2 Å². The van der Waals surface area contributed by atoms with Crippen molar-refractivity contribution in [3.63, 3.8) is 0 Å². The van der Waals surface area contributed by atoms with Crippen molar-refractivity contribution in [2.24, 2.45) is 0 Å². The van der Waals surface area contributed by atoms with E-state index in [1.165, 1.54) is 11.8 Å². The van der Waals surface area contributed by atoms with E-state index >= 15 is 0 Å². The van der Waals surface area contributed by atoms with Crippen LogP contribution in [0.5, 0.6) is 5.75 Å². The molecule has 0 fully saturated rings. The summed E-state index contributed by atoms with van der Waals surface area (Å²) >= 11 is 1.25. The minimum Gasteiger partial charge on any atom is -0.497 e. The highest BCUT2D eigenvalue weighted by molar-refractivity contribution is 7.99. The lowest BCUT2D eigenvalue weighted by Crippen LogP contribution is -2.18. The molecule has 1 heterocycles. The molecule has 0 radical (unpaired) electrons. The van der Waals surface area contributed by atoms with Gasteiger partial charge in [0.2, 0.25) is 0 Å². The Labute approximate surface area is 156 Å². The Kier molecular flexibility index (Phi) is 5.98. The second-order valence-corrected chi connectivity index (χ2v) is 6.90. The molecular weight excluding hydrogens is 352 g/mol. The summed E-state index contributed by atoms with van der Waals surface area (Å²) in [6.07, 6.45) is 3.80. The Bertz CT molecular complexity index is 799. The van der Waals surface area contributed by atoms with Crippen molar-refractivity contribution in [1.82, 2.24) is 9.55 Å². The number of rotatable bonds is 6. The van der Waals surface area contributed by atoms with E-state index in [0.29, 0.717) is 23.1 Å². The molecule has 0 amide bonds. The van der Waals surface area contributed by atoms with E-state index < -0.39 is 0 Å². The van der Waals surface area contributed by atoms with E-state index in [1.807, 2.05) is 0 Å². The summed E-state index contributed by atoms with van der Waals surface area (Å²) in [5.74, 6) is 0.405. The number of ether oxygens (including phenoxy) is 2. The van der Waals surface area contributed by atoms with Crippen LogP contribution in [-0.2, 0) is 22.4 Å². The van der Waals surface area contributed by atoms with Crippen molar-refractivity contribution in [3.05, 3.63) is 41.2 Å². The summed E-state index contributed by atoms with van der Waals surface area (Å²) < 4.78 is 11.8. The number of fused-ring (bicyclic) bond motifs is 1. The summed E-state index contributed by atoms with van der Waals surface area (Å²) in [6.45, 7) is 2.12. The van der Waals surface area contributed by atoms with Gasteiger partial charge in [0.15, 0.2) is 5.16 Å². The van der Waals surface area contributed by atoms with Crippen LogP contribution in [0.3, 0.4) is 0 Å². The largest absolute Gasteiger partial charge is 0.497 e. The van der Waals surface area contributed by atoms with Crippen LogP contribution in [0, 0.1) is 0 Å². The van der Waals surface area contributed by atoms with E-state index in [9.17, 15) is 9.59 Å². The van der Waals surface area contributed by atoms with Gasteiger partial charge in [0.25, 0.3) is 5.91 Å². The molecule has 0 bridgehead atoms. The summed E-state index contributed by atoms with van der Waals surface area (Å²) in [6, 6.07) is 7.02. The molecule has 6 nitrogen and oxygen atoms in total. The van der Waals surface area contributed by atoms with Crippen LogP contribution in [0.2, 0.25) is 0 Å². The molecule has 1 aliphatic carbocycles. The van der Waals surface area contributed by atoms with Gasteiger partial charge in [-0.05, 0) is 56.9 Å². The Morgan fingerprint density at radius 2 is 1.92 bits per heavy atom. The van der Waals surface area contributed by atoms with Crippen molar-refractivity contribution in [3.8, 4) is 5.75 Å². The number of aryl methyl sites for hydroxylation is 1. The summed E-state index contributed by atoms with van der Waals surface area (Å²) in [5.41, 5.74) is 2.49. The number of esters is 1. The van der Waals surface area contributed by atoms with Gasteiger partial charge in [0, 0.05) is 11.3 Å². The Hall–Kier alpha value is -2.28. The maximum Gasteiger partial charge on any atom is 0.316 e. The molecular formula is C19H22N2O4S. The quantitative estimate of drug-likeness (QED) is 0.572. The van der Waals surface area contributed by atoms with Gasteiger partial charge in [-0.15, -0.1) is 0 Å². The highest BCUT2D eigenvalue weighted by Crippen LogP contribution is 2.28. The second kappa shape index (κ2) is 8.40. The van der Waals surface area contributed by atoms with Crippen LogP contribution in [0.25, 0.3) is 0 Å². The third-order valence-electron chi connectivity index (χ3n) is 4.27. The topological polar surface area (TPSA) is 70.4 Å². The van der Waals surface area contributed by atoms with Gasteiger partial charge in [0.05, 0.1) is 25.2 Å². The lowest BCUT2D eigenvalue weighted by atomic mass is 10.0. The number of methoxy groups -OCH3 is 1. The molecule has 0 saturated carbocycles. The number of thioether (sulfide) groups is 1. The van der Waals surface area contributed by atoms with Crippen LogP contribution in [0.4, 0.5) is 0 Å². The first-order valence-electron chi connectivity index (χ1n) is 8.71. The molecule has 138 valence electrons. The fourth-order valence-electron chi connectivity index (χ4n) is 3.01. The molecule has 1 aromatic heterocycles. The molecule has 0 spiro atoms. The predicted octanol–water partition coefficient (Wildman–Crippen LogP) is 3.11.